The monoisotopic (exact) mass is 240 g/mol. The third-order valence-electron chi connectivity index (χ3n) is 3.90. The van der Waals surface area contributed by atoms with E-state index in [-0.39, 0.29) is 5.92 Å². The second kappa shape index (κ2) is 7.00. The van der Waals surface area contributed by atoms with Gasteiger partial charge in [0.1, 0.15) is 0 Å². The molecule has 0 radical (unpaired) electrons. The predicted octanol–water partition coefficient (Wildman–Crippen LogP) is 2.40. The highest BCUT2D eigenvalue weighted by molar-refractivity contribution is 5.79. The Hall–Kier alpha value is -0.570. The molecule has 1 aliphatic carbocycles. The van der Waals surface area contributed by atoms with E-state index >= 15 is 0 Å². The molecule has 2 N–H and O–H groups in total. The van der Waals surface area contributed by atoms with Crippen molar-refractivity contribution in [3.05, 3.63) is 0 Å². The van der Waals surface area contributed by atoms with E-state index in [9.17, 15) is 4.79 Å². The van der Waals surface area contributed by atoms with Crippen molar-refractivity contribution in [2.75, 3.05) is 13.1 Å². The Morgan fingerprint density at radius 3 is 2.29 bits per heavy atom. The van der Waals surface area contributed by atoms with E-state index in [1.54, 1.807) is 0 Å². The lowest BCUT2D eigenvalue weighted by atomic mass is 9.81. The smallest absolute Gasteiger partial charge is 0.225 e. The van der Waals surface area contributed by atoms with Crippen LogP contribution >= 0.6 is 0 Å². The summed E-state index contributed by atoms with van der Waals surface area (Å²) in [6.45, 7) is 8.03. The molecule has 0 atom stereocenters. The van der Waals surface area contributed by atoms with Gasteiger partial charge in [-0.25, -0.2) is 0 Å². The van der Waals surface area contributed by atoms with E-state index in [0.29, 0.717) is 17.9 Å². The molecule has 0 aromatic carbocycles. The van der Waals surface area contributed by atoms with Crippen molar-refractivity contribution in [1.82, 2.24) is 4.90 Å². The molecule has 100 valence electrons. The van der Waals surface area contributed by atoms with E-state index in [1.807, 2.05) is 4.90 Å². The molecule has 0 aromatic heterocycles. The van der Waals surface area contributed by atoms with Crippen LogP contribution in [-0.2, 0) is 4.79 Å². The summed E-state index contributed by atoms with van der Waals surface area (Å²) in [5, 5.41) is 0. The lowest BCUT2D eigenvalue weighted by Crippen LogP contribution is -2.42. The molecule has 0 saturated heterocycles. The summed E-state index contributed by atoms with van der Waals surface area (Å²) in [5.74, 6) is 1.28. The molecule has 0 heterocycles. The van der Waals surface area contributed by atoms with Gasteiger partial charge in [0, 0.05) is 18.5 Å². The summed E-state index contributed by atoms with van der Waals surface area (Å²) in [5.41, 5.74) is 5.69. The van der Waals surface area contributed by atoms with Gasteiger partial charge in [0.2, 0.25) is 5.91 Å². The maximum atomic E-state index is 12.4. The first-order valence-corrected chi connectivity index (χ1v) is 7.10. The van der Waals surface area contributed by atoms with E-state index < -0.39 is 0 Å². The Morgan fingerprint density at radius 1 is 1.29 bits per heavy atom. The van der Waals surface area contributed by atoms with Gasteiger partial charge < -0.3 is 10.6 Å². The predicted molar refractivity (Wildman–Crippen MR) is 71.6 cm³/mol. The summed E-state index contributed by atoms with van der Waals surface area (Å²) in [7, 11) is 0. The first-order valence-electron chi connectivity index (χ1n) is 7.10. The number of hydrogen-bond donors (Lipinski definition) is 1. The number of nitrogens with two attached hydrogens (primary N) is 1. The van der Waals surface area contributed by atoms with Crippen LogP contribution in [-0.4, -0.2) is 29.9 Å². The van der Waals surface area contributed by atoms with Crippen LogP contribution in [0.15, 0.2) is 0 Å². The van der Waals surface area contributed by atoms with Crippen molar-refractivity contribution >= 4 is 5.91 Å². The fraction of sp³-hybridized carbons (Fsp3) is 0.929. The van der Waals surface area contributed by atoms with Crippen LogP contribution in [0.25, 0.3) is 0 Å². The summed E-state index contributed by atoms with van der Waals surface area (Å²) >= 11 is 0. The Kier molecular flexibility index (Phi) is 5.96. The lowest BCUT2D eigenvalue weighted by molar-refractivity contribution is -0.138. The van der Waals surface area contributed by atoms with Crippen LogP contribution in [0.2, 0.25) is 0 Å². The minimum Gasteiger partial charge on any atom is -0.340 e. The van der Waals surface area contributed by atoms with Crippen LogP contribution < -0.4 is 5.73 Å². The van der Waals surface area contributed by atoms with Crippen molar-refractivity contribution in [3.8, 4) is 0 Å². The normalized spacial score (nSPS) is 25.0. The fourth-order valence-corrected chi connectivity index (χ4v) is 2.74. The van der Waals surface area contributed by atoms with Gasteiger partial charge in [-0.15, -0.1) is 0 Å². The highest BCUT2D eigenvalue weighted by Gasteiger charge is 2.29. The van der Waals surface area contributed by atoms with E-state index in [4.69, 9.17) is 5.73 Å². The van der Waals surface area contributed by atoms with Gasteiger partial charge in [0.05, 0.1) is 0 Å². The number of amides is 1. The first-order chi connectivity index (χ1) is 8.10. The number of carbonyl (C=O) groups is 1. The van der Waals surface area contributed by atoms with Crippen LogP contribution in [0.5, 0.6) is 0 Å². The van der Waals surface area contributed by atoms with Crippen LogP contribution in [0.1, 0.15) is 52.9 Å². The molecule has 1 fully saturated rings. The quantitative estimate of drug-likeness (QED) is 0.802. The molecular weight excluding hydrogens is 212 g/mol. The van der Waals surface area contributed by atoms with E-state index in [1.165, 1.54) is 0 Å². The fourth-order valence-electron chi connectivity index (χ4n) is 2.74. The second-order valence-electron chi connectivity index (χ2n) is 5.58. The third kappa shape index (κ3) is 3.98. The van der Waals surface area contributed by atoms with Gasteiger partial charge in [-0.3, -0.25) is 4.79 Å². The highest BCUT2D eigenvalue weighted by Crippen LogP contribution is 2.29. The van der Waals surface area contributed by atoms with Gasteiger partial charge in [-0.05, 0) is 58.4 Å². The van der Waals surface area contributed by atoms with Crippen molar-refractivity contribution < 1.29 is 4.79 Å². The molecule has 1 rings (SSSR count). The number of nitrogens with zero attached hydrogens (tertiary/aromatic N) is 1. The van der Waals surface area contributed by atoms with Crippen molar-refractivity contribution in [2.45, 2.75) is 58.9 Å². The molecule has 0 aliphatic heterocycles. The van der Waals surface area contributed by atoms with Gasteiger partial charge >= 0.3 is 0 Å². The Bertz CT molecular complexity index is 232. The molecule has 1 saturated carbocycles. The zero-order valence-corrected chi connectivity index (χ0v) is 11.6. The van der Waals surface area contributed by atoms with Crippen LogP contribution in [0.3, 0.4) is 0 Å². The largest absolute Gasteiger partial charge is 0.340 e. The summed E-state index contributed by atoms with van der Waals surface area (Å²) < 4.78 is 0. The Balaban J connectivity index is 2.51. The molecule has 0 bridgehead atoms. The average Bonchev–Trinajstić information content (AvgIpc) is 2.35. The van der Waals surface area contributed by atoms with Crippen LogP contribution in [0, 0.1) is 11.8 Å². The molecule has 17 heavy (non-hydrogen) atoms. The highest BCUT2D eigenvalue weighted by atomic mass is 16.2. The minimum atomic E-state index is 0.256. The minimum absolute atomic E-state index is 0.256. The zero-order valence-electron chi connectivity index (χ0n) is 11.6. The van der Waals surface area contributed by atoms with Gasteiger partial charge in [0.25, 0.3) is 0 Å². The van der Waals surface area contributed by atoms with Crippen LogP contribution in [0.4, 0.5) is 0 Å². The molecule has 1 amide bonds. The topological polar surface area (TPSA) is 46.3 Å². The number of hydrogen-bond acceptors (Lipinski definition) is 2. The molecule has 3 nitrogen and oxygen atoms in total. The number of rotatable bonds is 5. The molecule has 0 aromatic rings. The van der Waals surface area contributed by atoms with Crippen molar-refractivity contribution in [1.29, 1.82) is 0 Å². The lowest BCUT2D eigenvalue weighted by Gasteiger charge is -2.33. The van der Waals surface area contributed by atoms with Gasteiger partial charge in [-0.2, -0.15) is 0 Å². The van der Waals surface area contributed by atoms with E-state index in [0.717, 1.165) is 45.2 Å². The maximum absolute atomic E-state index is 12.4. The molecule has 1 aliphatic rings. The molecular formula is C14H28N2O. The second-order valence-corrected chi connectivity index (χ2v) is 5.58. The van der Waals surface area contributed by atoms with Gasteiger partial charge in [0.15, 0.2) is 0 Å². The van der Waals surface area contributed by atoms with Gasteiger partial charge in [-0.1, -0.05) is 6.92 Å². The Labute approximate surface area is 106 Å². The van der Waals surface area contributed by atoms with E-state index in [2.05, 4.69) is 20.8 Å². The average molecular weight is 240 g/mol. The summed E-state index contributed by atoms with van der Waals surface area (Å²) in [6.07, 6.45) is 5.37. The zero-order chi connectivity index (χ0) is 12.8. The third-order valence-corrected chi connectivity index (χ3v) is 3.90. The summed E-state index contributed by atoms with van der Waals surface area (Å²) in [6, 6.07) is 0.328. The first kappa shape index (κ1) is 14.5. The Morgan fingerprint density at radius 2 is 1.88 bits per heavy atom. The molecule has 0 spiro atoms. The summed E-state index contributed by atoms with van der Waals surface area (Å²) in [4.78, 5) is 14.5. The molecule has 0 unspecified atom stereocenters. The number of carbonyl (C=O) groups excluding carboxylic acids is 1. The van der Waals surface area contributed by atoms with Crippen molar-refractivity contribution in [2.24, 2.45) is 17.6 Å². The molecule has 3 heteroatoms. The maximum Gasteiger partial charge on any atom is 0.225 e. The SMILES string of the molecule is CCCN(C(=O)C1CCC(CN)CC1)C(C)C. The van der Waals surface area contributed by atoms with Crippen molar-refractivity contribution in [3.63, 3.8) is 0 Å². The standard InChI is InChI=1S/C14H28N2O/c1-4-9-16(11(2)3)14(17)13-7-5-12(10-15)6-8-13/h11-13H,4-10,15H2,1-3H3.